The highest BCUT2D eigenvalue weighted by molar-refractivity contribution is 8.20. The van der Waals surface area contributed by atoms with E-state index >= 15 is 0 Å². The summed E-state index contributed by atoms with van der Waals surface area (Å²) >= 11 is 5.02. The molecule has 0 aromatic heterocycles. The fourth-order valence-electron chi connectivity index (χ4n) is 0.993. The van der Waals surface area contributed by atoms with Gasteiger partial charge in [-0.05, 0) is 30.4 Å². The van der Waals surface area contributed by atoms with Crippen molar-refractivity contribution in [3.63, 3.8) is 0 Å². The molecule has 1 aromatic carbocycles. The molecule has 1 aromatic rings. The molecule has 6 heteroatoms. The summed E-state index contributed by atoms with van der Waals surface area (Å²) in [6, 6.07) is 5.01. The molecular formula is C10H11F3NS2+. The third-order valence-corrected chi connectivity index (χ3v) is 3.75. The number of halogens is 3. The first-order valence-electron chi connectivity index (χ1n) is 4.36. The zero-order chi connectivity index (χ0) is 12.3. The molecule has 0 saturated heterocycles. The quantitative estimate of drug-likeness (QED) is 0.618. The number of rotatable bonds is 1. The molecule has 0 aliphatic rings. The zero-order valence-corrected chi connectivity index (χ0v) is 10.4. The van der Waals surface area contributed by atoms with Gasteiger partial charge in [0.25, 0.3) is 4.32 Å². The van der Waals surface area contributed by atoms with Crippen LogP contribution in [0.3, 0.4) is 0 Å². The van der Waals surface area contributed by atoms with E-state index in [-0.39, 0.29) is 10.9 Å². The lowest BCUT2D eigenvalue weighted by atomic mass is 10.2. The van der Waals surface area contributed by atoms with Crippen LogP contribution in [0.5, 0.6) is 0 Å². The summed E-state index contributed by atoms with van der Waals surface area (Å²) in [5, 5.41) is 2.80. The SMILES string of the molecule is C[S+](C)C(=S)Nc1cccc(C(F)(F)F)c1. The molecule has 1 N–H and O–H groups in total. The maximum absolute atomic E-state index is 12.4. The van der Waals surface area contributed by atoms with Crippen LogP contribution in [0.4, 0.5) is 18.9 Å². The van der Waals surface area contributed by atoms with Gasteiger partial charge in [-0.15, -0.1) is 0 Å². The number of benzene rings is 1. The van der Waals surface area contributed by atoms with Crippen LogP contribution in [0.15, 0.2) is 24.3 Å². The Morgan fingerprint density at radius 1 is 1.31 bits per heavy atom. The van der Waals surface area contributed by atoms with Crippen LogP contribution in [-0.4, -0.2) is 16.8 Å². The van der Waals surface area contributed by atoms with Crippen LogP contribution in [0.2, 0.25) is 0 Å². The van der Waals surface area contributed by atoms with Crippen LogP contribution < -0.4 is 5.32 Å². The predicted octanol–water partition coefficient (Wildman–Crippen LogP) is 3.28. The average molecular weight is 266 g/mol. The van der Waals surface area contributed by atoms with Crippen molar-refractivity contribution < 1.29 is 13.2 Å². The van der Waals surface area contributed by atoms with Gasteiger partial charge in [0.1, 0.15) is 12.5 Å². The van der Waals surface area contributed by atoms with Gasteiger partial charge in [0, 0.05) is 16.6 Å². The summed E-state index contributed by atoms with van der Waals surface area (Å²) in [5.74, 6) is 0. The van der Waals surface area contributed by atoms with E-state index in [1.54, 1.807) is 6.07 Å². The van der Waals surface area contributed by atoms with Gasteiger partial charge in [0.2, 0.25) is 0 Å². The van der Waals surface area contributed by atoms with Gasteiger partial charge in [-0.3, -0.25) is 0 Å². The summed E-state index contributed by atoms with van der Waals surface area (Å²) < 4.78 is 37.8. The second kappa shape index (κ2) is 5.05. The standard InChI is InChI=1S/C10H10F3NS2/c1-16(2)9(15)14-8-5-3-4-7(6-8)10(11,12)13/h3-6H,1-2H3/p+1. The first kappa shape index (κ1) is 13.3. The van der Waals surface area contributed by atoms with Crippen molar-refractivity contribution in [3.05, 3.63) is 29.8 Å². The number of alkyl halides is 3. The van der Waals surface area contributed by atoms with Crippen molar-refractivity contribution in [2.75, 3.05) is 17.8 Å². The van der Waals surface area contributed by atoms with Gasteiger partial charge in [-0.1, -0.05) is 6.07 Å². The largest absolute Gasteiger partial charge is 0.416 e. The van der Waals surface area contributed by atoms with E-state index in [9.17, 15) is 13.2 Å². The number of thiocarbonyl (C=S) groups is 1. The van der Waals surface area contributed by atoms with E-state index in [0.29, 0.717) is 10.0 Å². The van der Waals surface area contributed by atoms with Crippen molar-refractivity contribution in [1.29, 1.82) is 0 Å². The summed E-state index contributed by atoms with van der Waals surface area (Å²) in [6.45, 7) is 0. The maximum Gasteiger partial charge on any atom is 0.416 e. The summed E-state index contributed by atoms with van der Waals surface area (Å²) in [6.07, 6.45) is -0.509. The highest BCUT2D eigenvalue weighted by Gasteiger charge is 2.30. The monoisotopic (exact) mass is 266 g/mol. The van der Waals surface area contributed by atoms with Gasteiger partial charge >= 0.3 is 6.18 Å². The molecule has 88 valence electrons. The molecule has 0 aliphatic heterocycles. The second-order valence-electron chi connectivity index (χ2n) is 3.31. The van der Waals surface area contributed by atoms with E-state index in [1.807, 2.05) is 12.5 Å². The molecule has 0 fully saturated rings. The van der Waals surface area contributed by atoms with Crippen LogP contribution in [0.1, 0.15) is 5.56 Å². The first-order valence-corrected chi connectivity index (χ1v) is 6.81. The number of hydrogen-bond donors (Lipinski definition) is 1. The van der Waals surface area contributed by atoms with E-state index < -0.39 is 11.7 Å². The third kappa shape index (κ3) is 3.68. The Labute approximate surface area is 100 Å². The Hall–Kier alpha value is -0.750. The third-order valence-electron chi connectivity index (χ3n) is 1.81. The molecule has 0 heterocycles. The molecule has 1 rings (SSSR count). The lowest BCUT2D eigenvalue weighted by Crippen LogP contribution is -2.19. The van der Waals surface area contributed by atoms with Gasteiger partial charge < -0.3 is 5.32 Å². The number of nitrogens with one attached hydrogen (secondary N) is 1. The minimum absolute atomic E-state index is 0.149. The molecule has 1 nitrogen and oxygen atoms in total. The Balaban J connectivity index is 2.88. The highest BCUT2D eigenvalue weighted by atomic mass is 32.2. The van der Waals surface area contributed by atoms with Crippen molar-refractivity contribution in [2.45, 2.75) is 6.18 Å². The summed E-state index contributed by atoms with van der Waals surface area (Å²) in [7, 11) is -0.149. The van der Waals surface area contributed by atoms with Gasteiger partial charge in [0.15, 0.2) is 0 Å². The van der Waals surface area contributed by atoms with Crippen LogP contribution in [0.25, 0.3) is 0 Å². The highest BCUT2D eigenvalue weighted by Crippen LogP contribution is 2.30. The minimum atomic E-state index is -4.32. The Morgan fingerprint density at radius 2 is 1.94 bits per heavy atom. The van der Waals surface area contributed by atoms with E-state index in [1.165, 1.54) is 6.07 Å². The van der Waals surface area contributed by atoms with Gasteiger partial charge in [-0.2, -0.15) is 13.2 Å². The van der Waals surface area contributed by atoms with E-state index in [4.69, 9.17) is 12.2 Å². The van der Waals surface area contributed by atoms with Crippen LogP contribution in [0, 0.1) is 0 Å². The van der Waals surface area contributed by atoms with Gasteiger partial charge in [-0.25, -0.2) is 0 Å². The molecule has 0 radical (unpaired) electrons. The van der Waals surface area contributed by atoms with Crippen molar-refractivity contribution in [2.24, 2.45) is 0 Å². The summed E-state index contributed by atoms with van der Waals surface area (Å²) in [5.41, 5.74) is -0.298. The molecular weight excluding hydrogens is 255 g/mol. The van der Waals surface area contributed by atoms with Gasteiger partial charge in [0.05, 0.1) is 5.56 Å². The van der Waals surface area contributed by atoms with E-state index in [2.05, 4.69) is 5.32 Å². The molecule has 0 unspecified atom stereocenters. The lowest BCUT2D eigenvalue weighted by molar-refractivity contribution is -0.137. The predicted molar refractivity (Wildman–Crippen MR) is 66.9 cm³/mol. The molecule has 0 spiro atoms. The Morgan fingerprint density at radius 3 is 2.44 bits per heavy atom. The normalized spacial score (nSPS) is 11.6. The van der Waals surface area contributed by atoms with E-state index in [0.717, 1.165) is 12.1 Å². The number of hydrogen-bond acceptors (Lipinski definition) is 1. The van der Waals surface area contributed by atoms with Crippen LogP contribution >= 0.6 is 12.2 Å². The lowest BCUT2D eigenvalue weighted by Gasteiger charge is -2.09. The molecule has 0 atom stereocenters. The number of anilines is 1. The molecule has 0 aliphatic carbocycles. The minimum Gasteiger partial charge on any atom is -0.307 e. The fourth-order valence-corrected chi connectivity index (χ4v) is 1.43. The van der Waals surface area contributed by atoms with Crippen molar-refractivity contribution in [1.82, 2.24) is 0 Å². The average Bonchev–Trinajstić information content (AvgIpc) is 2.16. The summed E-state index contributed by atoms with van der Waals surface area (Å²) in [4.78, 5) is 0. The molecule has 0 amide bonds. The smallest absolute Gasteiger partial charge is 0.307 e. The van der Waals surface area contributed by atoms with Crippen LogP contribution in [-0.2, 0) is 17.1 Å². The van der Waals surface area contributed by atoms with Crippen molar-refractivity contribution >= 4 is 33.1 Å². The topological polar surface area (TPSA) is 12.0 Å². The second-order valence-corrected chi connectivity index (χ2v) is 6.02. The molecule has 0 saturated carbocycles. The zero-order valence-electron chi connectivity index (χ0n) is 8.76. The molecule has 16 heavy (non-hydrogen) atoms. The fraction of sp³-hybridized carbons (Fsp3) is 0.300. The molecule has 0 bridgehead atoms. The Kier molecular flexibility index (Phi) is 4.21. The van der Waals surface area contributed by atoms with Crippen molar-refractivity contribution in [3.8, 4) is 0 Å². The maximum atomic E-state index is 12.4. The Bertz CT molecular complexity index is 388. The first-order chi connectivity index (χ1) is 7.30.